The molecule has 0 aliphatic heterocycles. The fraction of sp³-hybridized carbons (Fsp3) is 0.167. The molecule has 0 unspecified atom stereocenters. The van der Waals surface area contributed by atoms with Gasteiger partial charge in [-0.15, -0.1) is 0 Å². The molecule has 0 atom stereocenters. The summed E-state index contributed by atoms with van der Waals surface area (Å²) in [4.78, 5) is 34.9. The molecular formula is C24H21N3O2. The normalized spacial score (nSPS) is 11.7. The molecule has 5 rings (SSSR count). The lowest BCUT2D eigenvalue weighted by Gasteiger charge is -2.13. The standard InChI is InChI=1S/C24H21N3O2/c1-4-13-5-7-15-19(9-13)25-21-11-18-22(12-17(21)23(15)28)26-20-10-14(27(2)3)6-8-16(20)24(18)29/h5-12H,4H2,1-3H3,(H,25,28)(H,26,29). The highest BCUT2D eigenvalue weighted by Crippen LogP contribution is 2.24. The van der Waals surface area contributed by atoms with Crippen molar-refractivity contribution in [1.82, 2.24) is 9.97 Å². The minimum atomic E-state index is -0.0378. The van der Waals surface area contributed by atoms with Crippen molar-refractivity contribution in [3.05, 3.63) is 74.5 Å². The number of hydrogen-bond donors (Lipinski definition) is 2. The van der Waals surface area contributed by atoms with Crippen molar-refractivity contribution >= 4 is 49.3 Å². The number of hydrogen-bond acceptors (Lipinski definition) is 3. The van der Waals surface area contributed by atoms with Gasteiger partial charge < -0.3 is 14.9 Å². The Kier molecular flexibility index (Phi) is 3.74. The van der Waals surface area contributed by atoms with Gasteiger partial charge in [0.1, 0.15) is 0 Å². The molecule has 0 aliphatic rings. The van der Waals surface area contributed by atoms with Crippen LogP contribution in [0.15, 0.2) is 58.1 Å². The van der Waals surface area contributed by atoms with Crippen LogP contribution in [0.1, 0.15) is 12.5 Å². The van der Waals surface area contributed by atoms with Gasteiger partial charge in [-0.2, -0.15) is 0 Å². The molecular weight excluding hydrogens is 362 g/mol. The Morgan fingerprint density at radius 3 is 1.76 bits per heavy atom. The Hall–Kier alpha value is -3.60. The number of benzene rings is 3. The van der Waals surface area contributed by atoms with Crippen molar-refractivity contribution in [1.29, 1.82) is 0 Å². The monoisotopic (exact) mass is 383 g/mol. The van der Waals surface area contributed by atoms with E-state index >= 15 is 0 Å². The van der Waals surface area contributed by atoms with Crippen LogP contribution in [0, 0.1) is 0 Å². The van der Waals surface area contributed by atoms with E-state index in [4.69, 9.17) is 0 Å². The van der Waals surface area contributed by atoms with E-state index in [1.54, 1.807) is 12.1 Å². The summed E-state index contributed by atoms with van der Waals surface area (Å²) >= 11 is 0. The lowest BCUT2D eigenvalue weighted by molar-refractivity contribution is 1.13. The van der Waals surface area contributed by atoms with Crippen LogP contribution in [0.25, 0.3) is 43.6 Å². The van der Waals surface area contributed by atoms with Crippen LogP contribution in [0.2, 0.25) is 0 Å². The number of aromatic nitrogens is 2. The van der Waals surface area contributed by atoms with Crippen LogP contribution in [-0.4, -0.2) is 24.1 Å². The molecule has 0 saturated heterocycles. The number of aromatic amines is 2. The Labute approximate surface area is 166 Å². The first-order chi connectivity index (χ1) is 14.0. The second-order valence-corrected chi connectivity index (χ2v) is 7.71. The molecule has 5 heteroatoms. The summed E-state index contributed by atoms with van der Waals surface area (Å²) in [5.74, 6) is 0. The summed E-state index contributed by atoms with van der Waals surface area (Å²) in [6.07, 6.45) is 0.897. The first-order valence-corrected chi connectivity index (χ1v) is 9.72. The summed E-state index contributed by atoms with van der Waals surface area (Å²) in [7, 11) is 3.92. The maximum absolute atomic E-state index is 13.1. The van der Waals surface area contributed by atoms with Gasteiger partial charge in [0.25, 0.3) is 0 Å². The quantitative estimate of drug-likeness (QED) is 0.447. The molecule has 0 amide bonds. The smallest absolute Gasteiger partial charge is 0.197 e. The average molecular weight is 383 g/mol. The second kappa shape index (κ2) is 6.21. The molecule has 2 aromatic heterocycles. The van der Waals surface area contributed by atoms with E-state index in [-0.39, 0.29) is 10.9 Å². The number of rotatable bonds is 2. The summed E-state index contributed by atoms with van der Waals surface area (Å²) < 4.78 is 0. The van der Waals surface area contributed by atoms with Gasteiger partial charge >= 0.3 is 0 Å². The zero-order valence-corrected chi connectivity index (χ0v) is 16.6. The van der Waals surface area contributed by atoms with Gasteiger partial charge in [0, 0.05) is 41.3 Å². The van der Waals surface area contributed by atoms with Gasteiger partial charge in [0.05, 0.1) is 22.1 Å². The number of pyridine rings is 2. The third kappa shape index (κ3) is 2.62. The number of fused-ring (bicyclic) bond motifs is 4. The number of nitrogens with one attached hydrogen (secondary N) is 2. The molecule has 5 aromatic rings. The van der Waals surface area contributed by atoms with Gasteiger partial charge in [-0.25, -0.2) is 0 Å². The maximum Gasteiger partial charge on any atom is 0.197 e. The van der Waals surface area contributed by atoms with Gasteiger partial charge in [0.2, 0.25) is 0 Å². The van der Waals surface area contributed by atoms with Gasteiger partial charge in [-0.05, 0) is 54.4 Å². The van der Waals surface area contributed by atoms with Crippen molar-refractivity contribution in [2.75, 3.05) is 19.0 Å². The first kappa shape index (κ1) is 17.5. The molecule has 0 saturated carbocycles. The molecule has 0 radical (unpaired) electrons. The van der Waals surface area contributed by atoms with Crippen LogP contribution in [0.4, 0.5) is 5.69 Å². The van der Waals surface area contributed by atoms with Crippen molar-refractivity contribution < 1.29 is 0 Å². The number of nitrogens with zero attached hydrogens (tertiary/aromatic N) is 1. The fourth-order valence-corrected chi connectivity index (χ4v) is 3.99. The zero-order valence-electron chi connectivity index (χ0n) is 16.6. The van der Waals surface area contributed by atoms with Crippen LogP contribution in [0.5, 0.6) is 0 Å². The Morgan fingerprint density at radius 2 is 1.21 bits per heavy atom. The molecule has 0 spiro atoms. The Morgan fingerprint density at radius 1 is 0.690 bits per heavy atom. The van der Waals surface area contributed by atoms with E-state index < -0.39 is 0 Å². The van der Waals surface area contributed by atoms with Crippen molar-refractivity contribution in [3.63, 3.8) is 0 Å². The maximum atomic E-state index is 13.1. The van der Waals surface area contributed by atoms with E-state index in [9.17, 15) is 9.59 Å². The topological polar surface area (TPSA) is 69.0 Å². The highest BCUT2D eigenvalue weighted by Gasteiger charge is 2.12. The van der Waals surface area contributed by atoms with Gasteiger partial charge in [0.15, 0.2) is 10.9 Å². The molecule has 2 heterocycles. The molecule has 5 nitrogen and oxygen atoms in total. The zero-order chi connectivity index (χ0) is 20.3. The largest absolute Gasteiger partial charge is 0.378 e. The predicted octanol–water partition coefficient (Wildman–Crippen LogP) is 4.30. The molecule has 0 fully saturated rings. The van der Waals surface area contributed by atoms with Crippen molar-refractivity contribution in [2.45, 2.75) is 13.3 Å². The average Bonchev–Trinajstić information content (AvgIpc) is 2.72. The van der Waals surface area contributed by atoms with Crippen LogP contribution in [0.3, 0.4) is 0 Å². The van der Waals surface area contributed by atoms with Crippen LogP contribution >= 0.6 is 0 Å². The van der Waals surface area contributed by atoms with Gasteiger partial charge in [-0.1, -0.05) is 13.0 Å². The minimum absolute atomic E-state index is 0.0266. The fourth-order valence-electron chi connectivity index (χ4n) is 3.99. The van der Waals surface area contributed by atoms with Crippen LogP contribution in [-0.2, 0) is 6.42 Å². The summed E-state index contributed by atoms with van der Waals surface area (Å²) in [5.41, 5.74) is 5.01. The van der Waals surface area contributed by atoms with E-state index in [1.807, 2.05) is 55.4 Å². The highest BCUT2D eigenvalue weighted by molar-refractivity contribution is 6.03. The van der Waals surface area contributed by atoms with E-state index in [0.717, 1.165) is 28.7 Å². The second-order valence-electron chi connectivity index (χ2n) is 7.71. The minimum Gasteiger partial charge on any atom is -0.378 e. The molecule has 0 bridgehead atoms. The van der Waals surface area contributed by atoms with E-state index in [0.29, 0.717) is 32.6 Å². The molecule has 2 N–H and O–H groups in total. The summed E-state index contributed by atoms with van der Waals surface area (Å²) in [5, 5.41) is 2.45. The molecule has 3 aromatic carbocycles. The number of aryl methyl sites for hydroxylation is 1. The van der Waals surface area contributed by atoms with Crippen molar-refractivity contribution in [3.8, 4) is 0 Å². The Bertz CT molecular complexity index is 1560. The first-order valence-electron chi connectivity index (χ1n) is 9.72. The van der Waals surface area contributed by atoms with E-state index in [2.05, 4.69) is 16.9 Å². The lowest BCUT2D eigenvalue weighted by Crippen LogP contribution is -2.11. The molecule has 144 valence electrons. The van der Waals surface area contributed by atoms with E-state index in [1.165, 1.54) is 0 Å². The highest BCUT2D eigenvalue weighted by atomic mass is 16.1. The summed E-state index contributed by atoms with van der Waals surface area (Å²) in [6.45, 7) is 2.08. The Balaban J connectivity index is 1.89. The SMILES string of the molecule is CCc1ccc2c(=O)c3cc4[nH]c5cc(N(C)C)ccc5c(=O)c4cc3[nH]c2c1. The third-order valence-corrected chi connectivity index (χ3v) is 5.69. The predicted molar refractivity (Wildman–Crippen MR) is 121 cm³/mol. The molecule has 0 aliphatic carbocycles. The number of H-pyrrole nitrogens is 2. The third-order valence-electron chi connectivity index (χ3n) is 5.69. The van der Waals surface area contributed by atoms with Crippen molar-refractivity contribution in [2.24, 2.45) is 0 Å². The summed E-state index contributed by atoms with van der Waals surface area (Å²) in [6, 6.07) is 15.2. The van der Waals surface area contributed by atoms with Gasteiger partial charge in [-0.3, -0.25) is 9.59 Å². The number of anilines is 1. The molecule has 29 heavy (non-hydrogen) atoms. The van der Waals surface area contributed by atoms with Crippen LogP contribution < -0.4 is 15.8 Å². The lowest BCUT2D eigenvalue weighted by atomic mass is 10.0.